The standard InChI is InChI=1S/C5H8O3/c1-4-7-5(8-4)2-3-6/h3-5H,2H2,1H3. The van der Waals surface area contributed by atoms with Crippen LogP contribution in [0.3, 0.4) is 0 Å². The number of ether oxygens (including phenoxy) is 2. The maximum Gasteiger partial charge on any atom is 0.170 e. The molecular weight excluding hydrogens is 108 g/mol. The number of carbonyl (C=O) groups is 1. The molecule has 1 rings (SSSR count). The smallest absolute Gasteiger partial charge is 0.170 e. The maximum atomic E-state index is 9.75. The first-order chi connectivity index (χ1) is 3.83. The van der Waals surface area contributed by atoms with Gasteiger partial charge in [-0.2, -0.15) is 0 Å². The van der Waals surface area contributed by atoms with Gasteiger partial charge in [0.2, 0.25) is 0 Å². The van der Waals surface area contributed by atoms with Crippen LogP contribution in [0.4, 0.5) is 0 Å². The van der Waals surface area contributed by atoms with Crippen LogP contribution in [0.1, 0.15) is 13.3 Å². The van der Waals surface area contributed by atoms with E-state index in [1.165, 1.54) is 0 Å². The Balaban J connectivity index is 2.06. The first-order valence-corrected chi connectivity index (χ1v) is 2.57. The van der Waals surface area contributed by atoms with E-state index >= 15 is 0 Å². The van der Waals surface area contributed by atoms with E-state index in [1.54, 1.807) is 6.92 Å². The molecule has 0 radical (unpaired) electrons. The molecular formula is C5H8O3. The summed E-state index contributed by atoms with van der Waals surface area (Å²) in [6, 6.07) is 0. The second-order valence-electron chi connectivity index (χ2n) is 1.67. The Morgan fingerprint density at radius 3 is 2.62 bits per heavy atom. The van der Waals surface area contributed by atoms with Gasteiger partial charge in [-0.3, -0.25) is 0 Å². The van der Waals surface area contributed by atoms with Gasteiger partial charge < -0.3 is 14.3 Å². The molecule has 0 aromatic heterocycles. The van der Waals surface area contributed by atoms with Crippen molar-refractivity contribution in [2.24, 2.45) is 0 Å². The van der Waals surface area contributed by atoms with Gasteiger partial charge >= 0.3 is 0 Å². The Bertz CT molecular complexity index is 85.7. The highest BCUT2D eigenvalue weighted by Crippen LogP contribution is 2.16. The van der Waals surface area contributed by atoms with Crippen molar-refractivity contribution < 1.29 is 14.3 Å². The third-order valence-corrected chi connectivity index (χ3v) is 0.976. The molecule has 0 aliphatic carbocycles. The van der Waals surface area contributed by atoms with Crippen molar-refractivity contribution in [3.63, 3.8) is 0 Å². The normalized spacial score (nSPS) is 36.1. The van der Waals surface area contributed by atoms with Crippen LogP contribution < -0.4 is 0 Å². The average Bonchev–Trinajstić information content (AvgIpc) is 1.64. The van der Waals surface area contributed by atoms with Gasteiger partial charge in [-0.25, -0.2) is 0 Å². The largest absolute Gasteiger partial charge is 0.323 e. The fourth-order valence-electron chi connectivity index (χ4n) is 0.627. The monoisotopic (exact) mass is 116 g/mol. The Morgan fingerprint density at radius 1 is 1.62 bits per heavy atom. The number of rotatable bonds is 2. The van der Waals surface area contributed by atoms with Crippen molar-refractivity contribution in [3.05, 3.63) is 0 Å². The summed E-state index contributed by atoms with van der Waals surface area (Å²) in [4.78, 5) is 9.75. The highest BCUT2D eigenvalue weighted by molar-refractivity contribution is 5.49. The van der Waals surface area contributed by atoms with Crippen LogP contribution in [0, 0.1) is 0 Å². The van der Waals surface area contributed by atoms with Crippen LogP contribution in [-0.4, -0.2) is 18.9 Å². The fourth-order valence-corrected chi connectivity index (χ4v) is 0.627. The molecule has 0 amide bonds. The van der Waals surface area contributed by atoms with Gasteiger partial charge in [0.25, 0.3) is 0 Å². The summed E-state index contributed by atoms with van der Waals surface area (Å²) in [6.45, 7) is 1.79. The maximum absolute atomic E-state index is 9.75. The molecule has 0 unspecified atom stereocenters. The molecule has 3 nitrogen and oxygen atoms in total. The summed E-state index contributed by atoms with van der Waals surface area (Å²) in [7, 11) is 0. The van der Waals surface area contributed by atoms with E-state index in [1.807, 2.05) is 0 Å². The molecule has 46 valence electrons. The molecule has 0 aromatic rings. The van der Waals surface area contributed by atoms with Crippen molar-refractivity contribution in [2.75, 3.05) is 0 Å². The zero-order valence-electron chi connectivity index (χ0n) is 4.66. The summed E-state index contributed by atoms with van der Waals surface area (Å²) in [5, 5.41) is 0. The van der Waals surface area contributed by atoms with Gasteiger partial charge in [0.05, 0.1) is 6.42 Å². The zero-order valence-corrected chi connectivity index (χ0v) is 4.66. The van der Waals surface area contributed by atoms with E-state index in [0.717, 1.165) is 6.29 Å². The van der Waals surface area contributed by atoms with Crippen molar-refractivity contribution in [2.45, 2.75) is 25.9 Å². The van der Waals surface area contributed by atoms with Crippen LogP contribution in [-0.2, 0) is 14.3 Å². The second kappa shape index (κ2) is 2.24. The summed E-state index contributed by atoms with van der Waals surface area (Å²) >= 11 is 0. The lowest BCUT2D eigenvalue weighted by atomic mass is 10.4. The third kappa shape index (κ3) is 1.05. The van der Waals surface area contributed by atoms with Gasteiger partial charge in [0.1, 0.15) is 6.29 Å². The number of carbonyl (C=O) groups excluding carboxylic acids is 1. The van der Waals surface area contributed by atoms with E-state index in [4.69, 9.17) is 9.47 Å². The average molecular weight is 116 g/mol. The highest BCUT2D eigenvalue weighted by atomic mass is 16.9. The lowest BCUT2D eigenvalue weighted by molar-refractivity contribution is -0.373. The summed E-state index contributed by atoms with van der Waals surface area (Å²) in [6.07, 6.45) is 0.767. The molecule has 1 heterocycles. The highest BCUT2D eigenvalue weighted by Gasteiger charge is 2.25. The summed E-state index contributed by atoms with van der Waals surface area (Å²) in [5.41, 5.74) is 0. The number of hydrogen-bond acceptors (Lipinski definition) is 3. The Hall–Kier alpha value is -0.410. The zero-order chi connectivity index (χ0) is 5.98. The fraction of sp³-hybridized carbons (Fsp3) is 0.800. The van der Waals surface area contributed by atoms with Crippen LogP contribution in [0.25, 0.3) is 0 Å². The minimum Gasteiger partial charge on any atom is -0.323 e. The molecule has 1 aliphatic rings. The SMILES string of the molecule is CC1OC(CC=O)O1. The molecule has 0 spiro atoms. The van der Waals surface area contributed by atoms with E-state index in [-0.39, 0.29) is 12.6 Å². The summed E-state index contributed by atoms with van der Waals surface area (Å²) < 4.78 is 9.85. The minimum atomic E-state index is -0.262. The quantitative estimate of drug-likeness (QED) is 0.486. The first kappa shape index (κ1) is 5.72. The van der Waals surface area contributed by atoms with Crippen molar-refractivity contribution in [1.29, 1.82) is 0 Å². The second-order valence-corrected chi connectivity index (χ2v) is 1.67. The van der Waals surface area contributed by atoms with E-state index in [0.29, 0.717) is 6.42 Å². The van der Waals surface area contributed by atoms with Crippen molar-refractivity contribution in [1.82, 2.24) is 0 Å². The number of hydrogen-bond donors (Lipinski definition) is 0. The Labute approximate surface area is 47.6 Å². The molecule has 8 heavy (non-hydrogen) atoms. The Morgan fingerprint density at radius 2 is 2.25 bits per heavy atom. The van der Waals surface area contributed by atoms with E-state index in [9.17, 15) is 4.79 Å². The molecule has 0 saturated carbocycles. The first-order valence-electron chi connectivity index (χ1n) is 2.57. The molecule has 0 aromatic carbocycles. The molecule has 0 atom stereocenters. The van der Waals surface area contributed by atoms with Crippen LogP contribution in [0.15, 0.2) is 0 Å². The van der Waals surface area contributed by atoms with Crippen LogP contribution >= 0.6 is 0 Å². The molecule has 0 N–H and O–H groups in total. The molecule has 1 fully saturated rings. The van der Waals surface area contributed by atoms with Crippen molar-refractivity contribution >= 4 is 6.29 Å². The van der Waals surface area contributed by atoms with Gasteiger partial charge in [0.15, 0.2) is 12.6 Å². The van der Waals surface area contributed by atoms with Gasteiger partial charge in [-0.15, -0.1) is 0 Å². The van der Waals surface area contributed by atoms with Crippen LogP contribution in [0.2, 0.25) is 0 Å². The minimum absolute atomic E-state index is 0.111. The Kier molecular flexibility index (Phi) is 1.60. The molecule has 1 aliphatic heterocycles. The van der Waals surface area contributed by atoms with Crippen molar-refractivity contribution in [3.8, 4) is 0 Å². The van der Waals surface area contributed by atoms with E-state index < -0.39 is 0 Å². The van der Waals surface area contributed by atoms with Gasteiger partial charge in [0, 0.05) is 0 Å². The molecule has 1 saturated heterocycles. The van der Waals surface area contributed by atoms with Gasteiger partial charge in [-0.05, 0) is 6.92 Å². The lowest BCUT2D eigenvalue weighted by Crippen LogP contribution is -2.38. The van der Waals surface area contributed by atoms with Crippen LogP contribution in [0.5, 0.6) is 0 Å². The lowest BCUT2D eigenvalue weighted by Gasteiger charge is -2.32. The molecule has 0 bridgehead atoms. The number of aldehydes is 1. The summed E-state index contributed by atoms with van der Waals surface area (Å²) in [5.74, 6) is 0. The third-order valence-electron chi connectivity index (χ3n) is 0.976. The molecule has 3 heteroatoms. The topological polar surface area (TPSA) is 35.5 Å². The predicted octanol–water partition coefficient (Wildman–Crippen LogP) is 0.294. The van der Waals surface area contributed by atoms with Gasteiger partial charge in [-0.1, -0.05) is 0 Å². The predicted molar refractivity (Wildman–Crippen MR) is 26.1 cm³/mol. The van der Waals surface area contributed by atoms with E-state index in [2.05, 4.69) is 0 Å².